The molecule has 17 heavy (non-hydrogen) atoms. The molecule has 1 aromatic rings. The minimum Gasteiger partial charge on any atom is -0.472 e. The minimum atomic E-state index is -0.551. The lowest BCUT2D eigenvalue weighted by Gasteiger charge is -2.17. The molecule has 0 aliphatic heterocycles. The summed E-state index contributed by atoms with van der Waals surface area (Å²) in [4.78, 5) is 10.5. The van der Waals surface area contributed by atoms with Gasteiger partial charge in [-0.2, -0.15) is 0 Å². The van der Waals surface area contributed by atoms with Crippen LogP contribution < -0.4 is 10.1 Å². The van der Waals surface area contributed by atoms with Gasteiger partial charge in [0.1, 0.15) is 17.3 Å². The predicted octanol–water partition coefficient (Wildman–Crippen LogP) is 1.36. The van der Waals surface area contributed by atoms with Crippen molar-refractivity contribution in [3.05, 3.63) is 6.20 Å². The highest BCUT2D eigenvalue weighted by atomic mass is 16.5. The lowest BCUT2D eigenvalue weighted by molar-refractivity contribution is -0.105. The molecule has 0 radical (unpaired) electrons. The second kappa shape index (κ2) is 4.13. The Bertz CT molecular complexity index is 467. The third kappa shape index (κ3) is 2.41. The zero-order chi connectivity index (χ0) is 12.5. The number of hydrogen-bond acceptors (Lipinski definition) is 3. The number of hydrogen-bond donors (Lipinski definition) is 1. The number of aromatic nitrogens is 2. The summed E-state index contributed by atoms with van der Waals surface area (Å²) in [6.07, 6.45) is 10.0. The van der Waals surface area contributed by atoms with E-state index in [1.54, 1.807) is 10.9 Å². The monoisotopic (exact) mass is 233 g/mol. The topological polar surface area (TPSA) is 56.2 Å². The SMILES string of the molecule is C#CC(C)(C)n1cc(NC=O)c(OC2CC2)n1. The van der Waals surface area contributed by atoms with Crippen LogP contribution in [0.4, 0.5) is 5.69 Å². The Morgan fingerprint density at radius 1 is 1.71 bits per heavy atom. The molecule has 5 heteroatoms. The fourth-order valence-electron chi connectivity index (χ4n) is 1.30. The summed E-state index contributed by atoms with van der Waals surface area (Å²) < 4.78 is 7.23. The van der Waals surface area contributed by atoms with Crippen molar-refractivity contribution in [3.8, 4) is 18.2 Å². The molecule has 0 unspecified atom stereocenters. The Morgan fingerprint density at radius 3 is 2.94 bits per heavy atom. The van der Waals surface area contributed by atoms with Gasteiger partial charge in [0.2, 0.25) is 6.41 Å². The van der Waals surface area contributed by atoms with Gasteiger partial charge in [-0.25, -0.2) is 4.68 Å². The molecule has 1 aliphatic carbocycles. The average molecular weight is 233 g/mol. The summed E-state index contributed by atoms with van der Waals surface area (Å²) in [5.41, 5.74) is 0.0000184. The molecule has 1 fully saturated rings. The van der Waals surface area contributed by atoms with E-state index in [0.29, 0.717) is 18.0 Å². The van der Waals surface area contributed by atoms with E-state index in [1.165, 1.54) is 0 Å². The van der Waals surface area contributed by atoms with Crippen LogP contribution in [-0.4, -0.2) is 22.3 Å². The van der Waals surface area contributed by atoms with Crippen LogP contribution in [0.1, 0.15) is 26.7 Å². The van der Waals surface area contributed by atoms with Crippen LogP contribution in [0.25, 0.3) is 0 Å². The summed E-state index contributed by atoms with van der Waals surface area (Å²) in [7, 11) is 0. The van der Waals surface area contributed by atoms with Gasteiger partial charge in [-0.3, -0.25) is 4.79 Å². The first-order valence-electron chi connectivity index (χ1n) is 5.51. The van der Waals surface area contributed by atoms with E-state index in [4.69, 9.17) is 11.2 Å². The molecular formula is C12H15N3O2. The van der Waals surface area contributed by atoms with E-state index < -0.39 is 5.54 Å². The van der Waals surface area contributed by atoms with Crippen molar-refractivity contribution in [2.75, 3.05) is 5.32 Å². The molecule has 0 bridgehead atoms. The van der Waals surface area contributed by atoms with Gasteiger partial charge in [0.25, 0.3) is 5.88 Å². The van der Waals surface area contributed by atoms with Gasteiger partial charge in [-0.1, -0.05) is 5.92 Å². The molecule has 0 saturated heterocycles. The summed E-state index contributed by atoms with van der Waals surface area (Å²) in [5, 5.41) is 6.85. The molecule has 1 aromatic heterocycles. The highest BCUT2D eigenvalue weighted by Gasteiger charge is 2.28. The molecule has 1 amide bonds. The minimum absolute atomic E-state index is 0.222. The smallest absolute Gasteiger partial charge is 0.257 e. The molecule has 1 heterocycles. The lowest BCUT2D eigenvalue weighted by Crippen LogP contribution is -2.24. The van der Waals surface area contributed by atoms with Gasteiger partial charge < -0.3 is 10.1 Å². The first-order chi connectivity index (χ1) is 8.06. The number of nitrogens with one attached hydrogen (secondary N) is 1. The van der Waals surface area contributed by atoms with Crippen molar-refractivity contribution in [1.29, 1.82) is 0 Å². The maximum Gasteiger partial charge on any atom is 0.257 e. The van der Waals surface area contributed by atoms with E-state index in [-0.39, 0.29) is 6.10 Å². The largest absolute Gasteiger partial charge is 0.472 e. The van der Waals surface area contributed by atoms with E-state index >= 15 is 0 Å². The van der Waals surface area contributed by atoms with E-state index in [9.17, 15) is 4.79 Å². The molecular weight excluding hydrogens is 218 g/mol. The maximum atomic E-state index is 10.5. The maximum absolute atomic E-state index is 10.5. The molecule has 0 aromatic carbocycles. The number of terminal acetylenes is 1. The van der Waals surface area contributed by atoms with E-state index in [2.05, 4.69) is 16.3 Å². The number of carbonyl (C=O) groups excluding carboxylic acids is 1. The van der Waals surface area contributed by atoms with Crippen LogP contribution >= 0.6 is 0 Å². The standard InChI is InChI=1S/C12H15N3O2/c1-4-12(2,3)15-7-10(13-8-16)11(14-15)17-9-5-6-9/h1,7-9H,5-6H2,2-3H3,(H,13,16). The molecule has 0 atom stereocenters. The van der Waals surface area contributed by atoms with Crippen LogP contribution in [-0.2, 0) is 10.3 Å². The Kier molecular flexibility index (Phi) is 2.80. The van der Waals surface area contributed by atoms with Gasteiger partial charge in [-0.05, 0) is 26.7 Å². The summed E-state index contributed by atoms with van der Waals surface area (Å²) in [6.45, 7) is 3.73. The van der Waals surface area contributed by atoms with E-state index in [1.807, 2.05) is 13.8 Å². The third-order valence-electron chi connectivity index (χ3n) is 2.62. The fourth-order valence-corrected chi connectivity index (χ4v) is 1.30. The molecule has 1 N–H and O–H groups in total. The fraction of sp³-hybridized carbons (Fsp3) is 0.500. The van der Waals surface area contributed by atoms with Crippen molar-refractivity contribution in [1.82, 2.24) is 9.78 Å². The zero-order valence-electron chi connectivity index (χ0n) is 9.93. The van der Waals surface area contributed by atoms with Gasteiger partial charge >= 0.3 is 0 Å². The Morgan fingerprint density at radius 2 is 2.41 bits per heavy atom. The van der Waals surface area contributed by atoms with Crippen molar-refractivity contribution in [2.45, 2.75) is 38.3 Å². The van der Waals surface area contributed by atoms with Crippen LogP contribution in [0.5, 0.6) is 5.88 Å². The predicted molar refractivity (Wildman–Crippen MR) is 63.7 cm³/mol. The third-order valence-corrected chi connectivity index (χ3v) is 2.62. The number of rotatable bonds is 5. The quantitative estimate of drug-likeness (QED) is 0.617. The number of amides is 1. The molecule has 0 spiro atoms. The average Bonchev–Trinajstić information content (AvgIpc) is 3.01. The normalized spacial score (nSPS) is 15.1. The summed E-state index contributed by atoms with van der Waals surface area (Å²) in [5.74, 6) is 3.07. The molecule has 5 nitrogen and oxygen atoms in total. The van der Waals surface area contributed by atoms with Crippen LogP contribution in [0.2, 0.25) is 0 Å². The number of anilines is 1. The van der Waals surface area contributed by atoms with Crippen molar-refractivity contribution in [3.63, 3.8) is 0 Å². The highest BCUT2D eigenvalue weighted by Crippen LogP contribution is 2.32. The molecule has 90 valence electrons. The number of carbonyl (C=O) groups is 1. The second-order valence-electron chi connectivity index (χ2n) is 4.58. The lowest BCUT2D eigenvalue weighted by atomic mass is 10.1. The van der Waals surface area contributed by atoms with Crippen molar-refractivity contribution < 1.29 is 9.53 Å². The highest BCUT2D eigenvalue weighted by molar-refractivity contribution is 5.73. The van der Waals surface area contributed by atoms with Crippen LogP contribution in [0.15, 0.2) is 6.20 Å². The Balaban J connectivity index is 2.29. The van der Waals surface area contributed by atoms with Gasteiger partial charge in [0.15, 0.2) is 0 Å². The van der Waals surface area contributed by atoms with Crippen molar-refractivity contribution in [2.24, 2.45) is 0 Å². The molecule has 1 aliphatic rings. The first kappa shape index (κ1) is 11.5. The first-order valence-corrected chi connectivity index (χ1v) is 5.51. The van der Waals surface area contributed by atoms with Crippen molar-refractivity contribution >= 4 is 12.1 Å². The second-order valence-corrected chi connectivity index (χ2v) is 4.58. The zero-order valence-corrected chi connectivity index (χ0v) is 9.93. The Hall–Kier alpha value is -1.96. The van der Waals surface area contributed by atoms with Gasteiger partial charge in [0, 0.05) is 0 Å². The van der Waals surface area contributed by atoms with Crippen LogP contribution in [0.3, 0.4) is 0 Å². The number of nitrogens with zero attached hydrogens (tertiary/aromatic N) is 2. The van der Waals surface area contributed by atoms with Gasteiger partial charge in [-0.15, -0.1) is 11.5 Å². The molecule has 2 rings (SSSR count). The number of ether oxygens (including phenoxy) is 1. The molecule has 1 saturated carbocycles. The van der Waals surface area contributed by atoms with Crippen LogP contribution in [0, 0.1) is 12.3 Å². The summed E-state index contributed by atoms with van der Waals surface area (Å²) in [6, 6.07) is 0. The Labute approximate surface area is 100 Å². The van der Waals surface area contributed by atoms with Gasteiger partial charge in [0.05, 0.1) is 6.20 Å². The summed E-state index contributed by atoms with van der Waals surface area (Å²) >= 11 is 0. The van der Waals surface area contributed by atoms with E-state index in [0.717, 1.165) is 12.8 Å².